The number of nitrogens with zero attached hydrogens (tertiary/aromatic N) is 3. The Kier molecular flexibility index (Phi) is 16.7. The van der Waals surface area contributed by atoms with Crippen molar-refractivity contribution in [2.24, 2.45) is 22.9 Å². The average molecular weight is 964 g/mol. The van der Waals surface area contributed by atoms with Crippen LogP contribution in [0.1, 0.15) is 85.1 Å². The van der Waals surface area contributed by atoms with Gasteiger partial charge in [-0.15, -0.1) is 13.2 Å². The Labute approximate surface area is 416 Å². The van der Waals surface area contributed by atoms with Crippen molar-refractivity contribution in [1.29, 1.82) is 0 Å². The van der Waals surface area contributed by atoms with E-state index >= 15 is 4.79 Å². The van der Waals surface area contributed by atoms with E-state index in [-0.39, 0.29) is 69.4 Å². The molecule has 1 aliphatic heterocycles. The number of aliphatic hydroxyl groups excluding tert-OH is 2. The number of unbranched alkanes of at least 4 members (excludes halogenated alkanes) is 2. The largest absolute Gasteiger partial charge is 0.459 e. The Morgan fingerprint density at radius 3 is 2.39 bits per heavy atom. The van der Waals surface area contributed by atoms with Crippen LogP contribution in [0.15, 0.2) is 145 Å². The number of nitro benzene ring substituents is 1. The Hall–Kier alpha value is -6.80. The molecule has 2 N–H and O–H groups in total. The number of ether oxygens (including phenoxy) is 4. The molecule has 0 radical (unpaired) electrons. The van der Waals surface area contributed by atoms with Gasteiger partial charge in [0, 0.05) is 43.2 Å². The van der Waals surface area contributed by atoms with Crippen LogP contribution in [0, 0.1) is 41.7 Å². The van der Waals surface area contributed by atoms with E-state index in [0.717, 1.165) is 64.3 Å². The smallest absolute Gasteiger partial charge is 0.410 e. The number of non-ortho nitro benzene ring substituents is 1. The summed E-state index contributed by atoms with van der Waals surface area (Å²) in [4.78, 5) is 34.1. The van der Waals surface area contributed by atoms with Crippen molar-refractivity contribution in [2.45, 2.75) is 96.1 Å². The fourth-order valence-electron chi connectivity index (χ4n) is 10.8. The number of nitro groups is 1. The first kappa shape index (κ1) is 50.6. The Balaban J connectivity index is 1.35. The van der Waals surface area contributed by atoms with E-state index in [1.165, 1.54) is 12.1 Å². The maximum atomic E-state index is 15.1. The highest BCUT2D eigenvalue weighted by Gasteiger charge is 2.65. The molecule has 0 saturated heterocycles. The molecule has 0 aromatic heterocycles. The predicted octanol–water partition coefficient (Wildman–Crippen LogP) is 12.2. The zero-order valence-electron chi connectivity index (χ0n) is 40.7. The first-order valence-corrected chi connectivity index (χ1v) is 24.8. The standard InChI is InChI=1S/C58H65N3O10/c1-5-7-32-67-57(64)60(37-44-18-14-17-42-15-8-9-19-48(42)44)54-36-52(59-69-38-41-22-24-45(25-23-41)61(65)66)50-34-43(16-10-12-29-62)49(20-11-13-30-63)55-51-35-47(70-46-26-21-39(3)40(4)33-46)27-28-53(51)71-58(54,56(50)55)68-31-6-2/h5-6,8-9,14-15,17-19,21-28,33-35,43,49,54-56,62-63H,1-2,7,10-13,16,20,29-32,36-38H2,3-4H3. The SMILES string of the molecule is C=CCCOC(=O)N(Cc1cccc2ccccc12)C1CC(=NOCc2ccc([N+](=O)[O-])cc2)C2=CC(CCCCO)C(CCCCO)C3c4cc(Oc5ccc(C)c(C)c5)ccc4OC1(OCC=C)C23. The lowest BCUT2D eigenvalue weighted by molar-refractivity contribution is -0.384. The van der Waals surface area contributed by atoms with Crippen molar-refractivity contribution in [3.8, 4) is 17.2 Å². The third-order valence-corrected chi connectivity index (χ3v) is 14.3. The quantitative estimate of drug-likeness (QED) is 0.0279. The Morgan fingerprint density at radius 2 is 1.65 bits per heavy atom. The van der Waals surface area contributed by atoms with Crippen molar-refractivity contribution in [3.63, 3.8) is 0 Å². The molecule has 0 spiro atoms. The number of hydrogen-bond donors (Lipinski definition) is 2. The summed E-state index contributed by atoms with van der Waals surface area (Å²) in [5.41, 5.74) is 6.20. The van der Waals surface area contributed by atoms with Crippen LogP contribution in [-0.2, 0) is 27.5 Å². The molecule has 13 nitrogen and oxygen atoms in total. The summed E-state index contributed by atoms with van der Waals surface area (Å²) in [6, 6.07) is 31.4. The summed E-state index contributed by atoms with van der Waals surface area (Å²) in [5.74, 6) is -0.527. The van der Waals surface area contributed by atoms with Gasteiger partial charge in [-0.3, -0.25) is 15.0 Å². The Morgan fingerprint density at radius 1 is 0.901 bits per heavy atom. The number of amides is 1. The van der Waals surface area contributed by atoms with Crippen LogP contribution in [0.2, 0.25) is 0 Å². The third kappa shape index (κ3) is 11.2. The van der Waals surface area contributed by atoms with Crippen molar-refractivity contribution < 1.29 is 43.7 Å². The van der Waals surface area contributed by atoms with Gasteiger partial charge in [0.05, 0.1) is 36.3 Å². The van der Waals surface area contributed by atoms with Crippen LogP contribution in [0.5, 0.6) is 17.2 Å². The van der Waals surface area contributed by atoms with Crippen molar-refractivity contribution in [3.05, 3.63) is 178 Å². The lowest BCUT2D eigenvalue weighted by Gasteiger charge is -2.59. The van der Waals surface area contributed by atoms with Gasteiger partial charge >= 0.3 is 6.09 Å². The highest BCUT2D eigenvalue weighted by atomic mass is 16.7. The van der Waals surface area contributed by atoms with E-state index < -0.39 is 28.8 Å². The average Bonchev–Trinajstić information content (AvgIpc) is 3.37. The van der Waals surface area contributed by atoms with Gasteiger partial charge in [0.2, 0.25) is 5.79 Å². The number of aryl methyl sites for hydroxylation is 2. The van der Waals surface area contributed by atoms with E-state index in [9.17, 15) is 20.3 Å². The van der Waals surface area contributed by atoms with E-state index in [4.69, 9.17) is 28.9 Å². The summed E-state index contributed by atoms with van der Waals surface area (Å²) in [6.45, 7) is 12.5. The number of benzene rings is 5. The molecule has 6 unspecified atom stereocenters. The number of rotatable bonds is 23. The molecule has 1 fully saturated rings. The third-order valence-electron chi connectivity index (χ3n) is 14.3. The molecule has 8 rings (SSSR count). The summed E-state index contributed by atoms with van der Waals surface area (Å²) in [7, 11) is 0. The van der Waals surface area contributed by atoms with Gasteiger partial charge in [-0.05, 0) is 139 Å². The molecule has 1 amide bonds. The van der Waals surface area contributed by atoms with E-state index in [0.29, 0.717) is 47.8 Å². The van der Waals surface area contributed by atoms with Crippen LogP contribution < -0.4 is 9.47 Å². The summed E-state index contributed by atoms with van der Waals surface area (Å²) in [6.07, 6.45) is 10.0. The van der Waals surface area contributed by atoms with Crippen molar-refractivity contribution in [2.75, 3.05) is 26.4 Å². The molecule has 5 aromatic carbocycles. The van der Waals surface area contributed by atoms with E-state index in [2.05, 4.69) is 39.1 Å². The zero-order valence-corrected chi connectivity index (χ0v) is 40.7. The van der Waals surface area contributed by atoms with Gasteiger partial charge in [0.1, 0.15) is 29.9 Å². The molecule has 1 heterocycles. The van der Waals surface area contributed by atoms with Crippen LogP contribution in [-0.4, -0.2) is 70.1 Å². The molecule has 372 valence electrons. The molecular weight excluding hydrogens is 899 g/mol. The number of carbonyl (C=O) groups excluding carboxylic acids is 1. The first-order valence-electron chi connectivity index (χ1n) is 24.8. The topological polar surface area (TPSA) is 162 Å². The maximum Gasteiger partial charge on any atom is 0.410 e. The fraction of sp³-hybridized carbons (Fsp3) is 0.379. The fourth-order valence-corrected chi connectivity index (χ4v) is 10.8. The van der Waals surface area contributed by atoms with Crippen LogP contribution >= 0.6 is 0 Å². The lowest BCUT2D eigenvalue weighted by Crippen LogP contribution is -2.70. The Bertz CT molecular complexity index is 2750. The van der Waals surface area contributed by atoms with Gasteiger partial charge in [0.25, 0.3) is 5.69 Å². The highest BCUT2D eigenvalue weighted by molar-refractivity contribution is 6.03. The molecule has 2 aliphatic carbocycles. The molecular formula is C58H65N3O10. The second kappa shape index (κ2) is 23.4. The number of oxime groups is 1. The first-order chi connectivity index (χ1) is 34.6. The van der Waals surface area contributed by atoms with Gasteiger partial charge in [0.15, 0.2) is 0 Å². The van der Waals surface area contributed by atoms with Crippen LogP contribution in [0.4, 0.5) is 10.5 Å². The van der Waals surface area contributed by atoms with Crippen molar-refractivity contribution in [1.82, 2.24) is 4.90 Å². The highest BCUT2D eigenvalue weighted by Crippen LogP contribution is 2.62. The number of hydrogen-bond acceptors (Lipinski definition) is 11. The number of allylic oxidation sites excluding steroid dienone is 1. The van der Waals surface area contributed by atoms with Crippen molar-refractivity contribution >= 4 is 28.3 Å². The summed E-state index contributed by atoms with van der Waals surface area (Å²) >= 11 is 0. The molecule has 6 atom stereocenters. The number of aliphatic hydroxyl groups is 2. The number of fused-ring (bicyclic) bond motifs is 3. The molecule has 1 saturated carbocycles. The molecule has 3 aliphatic rings. The molecule has 71 heavy (non-hydrogen) atoms. The molecule has 0 bridgehead atoms. The summed E-state index contributed by atoms with van der Waals surface area (Å²) in [5, 5.41) is 38.6. The van der Waals surface area contributed by atoms with Gasteiger partial charge in [-0.2, -0.15) is 0 Å². The monoisotopic (exact) mass is 963 g/mol. The molecule has 5 aromatic rings. The van der Waals surface area contributed by atoms with Gasteiger partial charge in [-0.25, -0.2) is 4.79 Å². The van der Waals surface area contributed by atoms with E-state index in [1.807, 2.05) is 72.8 Å². The van der Waals surface area contributed by atoms with Crippen LogP contribution in [0.25, 0.3) is 10.8 Å². The minimum absolute atomic E-state index is 0.00375. The second-order valence-corrected chi connectivity index (χ2v) is 18.8. The maximum absolute atomic E-state index is 15.1. The van der Waals surface area contributed by atoms with Gasteiger partial charge in [-0.1, -0.05) is 84.8 Å². The normalized spacial score (nSPS) is 21.5. The zero-order chi connectivity index (χ0) is 49.9. The van der Waals surface area contributed by atoms with Gasteiger partial charge < -0.3 is 34.0 Å². The van der Waals surface area contributed by atoms with Crippen LogP contribution in [0.3, 0.4) is 0 Å². The second-order valence-electron chi connectivity index (χ2n) is 18.8. The van der Waals surface area contributed by atoms with E-state index in [1.54, 1.807) is 29.2 Å². The minimum Gasteiger partial charge on any atom is -0.459 e. The molecule has 13 heteroatoms. The summed E-state index contributed by atoms with van der Waals surface area (Å²) < 4.78 is 27.5. The number of carbonyl (C=O) groups is 1. The minimum atomic E-state index is -1.54. The lowest BCUT2D eigenvalue weighted by atomic mass is 9.55. The predicted molar refractivity (Wildman–Crippen MR) is 274 cm³/mol.